The molecule has 14 heteroatoms. The number of nitrogens with zero attached hydrogens (tertiary/aromatic N) is 3. The van der Waals surface area contributed by atoms with Gasteiger partial charge >= 0.3 is 6.03 Å². The van der Waals surface area contributed by atoms with Crippen molar-refractivity contribution in [2.24, 2.45) is 0 Å². The van der Waals surface area contributed by atoms with E-state index in [4.69, 9.17) is 27.9 Å². The van der Waals surface area contributed by atoms with E-state index in [2.05, 4.69) is 20.5 Å². The first-order chi connectivity index (χ1) is 18.6. The Morgan fingerprint density at radius 2 is 1.77 bits per heavy atom. The van der Waals surface area contributed by atoms with Gasteiger partial charge in [0, 0.05) is 13.1 Å². The summed E-state index contributed by atoms with van der Waals surface area (Å²) in [6.45, 7) is 3.78. The molecule has 2 saturated heterocycles. The molecule has 0 unspecified atom stereocenters. The third-order valence-electron chi connectivity index (χ3n) is 6.87. The number of piperidine rings is 1. The summed E-state index contributed by atoms with van der Waals surface area (Å²) in [5.41, 5.74) is 1.28. The minimum atomic E-state index is -3.48. The first kappa shape index (κ1) is 28.1. The van der Waals surface area contributed by atoms with E-state index in [1.165, 1.54) is 6.07 Å². The van der Waals surface area contributed by atoms with Crippen LogP contribution in [0.15, 0.2) is 35.2 Å². The second-order valence-electron chi connectivity index (χ2n) is 9.49. The Labute approximate surface area is 240 Å². The van der Waals surface area contributed by atoms with Gasteiger partial charge in [-0.2, -0.15) is 0 Å². The van der Waals surface area contributed by atoms with E-state index in [1.807, 2.05) is 11.9 Å². The number of hydrogen-bond acceptors (Lipinski definition) is 9. The molecular weight excluding hydrogens is 585 g/mol. The maximum absolute atomic E-state index is 13.2. The molecule has 39 heavy (non-hydrogen) atoms. The van der Waals surface area contributed by atoms with Gasteiger partial charge in [-0.25, -0.2) is 18.2 Å². The third-order valence-corrected chi connectivity index (χ3v) is 10.7. The molecule has 2 fully saturated rings. The number of imide groups is 1. The Morgan fingerprint density at radius 3 is 2.49 bits per heavy atom. The molecule has 208 valence electrons. The second-order valence-corrected chi connectivity index (χ2v) is 13.6. The van der Waals surface area contributed by atoms with E-state index in [9.17, 15) is 18.0 Å². The predicted octanol–water partition coefficient (Wildman–Crippen LogP) is 4.27. The van der Waals surface area contributed by atoms with Gasteiger partial charge in [0.05, 0.1) is 54.9 Å². The summed E-state index contributed by atoms with van der Waals surface area (Å²) in [5.74, 6) is -0.698. The smallest absolute Gasteiger partial charge is 0.327 e. The van der Waals surface area contributed by atoms with Crippen molar-refractivity contribution in [2.45, 2.75) is 23.0 Å². The van der Waals surface area contributed by atoms with Gasteiger partial charge in [0.25, 0.3) is 5.91 Å². The van der Waals surface area contributed by atoms with Crippen LogP contribution in [0.5, 0.6) is 0 Å². The number of urea groups is 1. The van der Waals surface area contributed by atoms with E-state index >= 15 is 0 Å². The van der Waals surface area contributed by atoms with Crippen molar-refractivity contribution in [2.75, 3.05) is 56.7 Å². The van der Waals surface area contributed by atoms with Crippen LogP contribution < -0.4 is 15.5 Å². The number of fused-ring (bicyclic) bond motifs is 1. The average molecular weight is 613 g/mol. The number of thiazole rings is 1. The van der Waals surface area contributed by atoms with Gasteiger partial charge in [0.2, 0.25) is 0 Å². The van der Waals surface area contributed by atoms with Crippen LogP contribution in [0.4, 0.5) is 15.6 Å². The number of morpholine rings is 1. The Hall–Kier alpha value is -2.48. The Morgan fingerprint density at radius 1 is 1.05 bits per heavy atom. The number of benzene rings is 2. The van der Waals surface area contributed by atoms with Gasteiger partial charge in [-0.1, -0.05) is 34.5 Å². The molecule has 0 atom stereocenters. The molecule has 1 aromatic heterocycles. The fourth-order valence-corrected chi connectivity index (χ4v) is 8.00. The standard InChI is InChI=1S/C25H27Cl2N5O5S2/c1-31-6-4-15(5-7-31)39(35,36)16-2-3-20-22(12-16)38-25(28-20)30-24(34)29-23(33)17-13-21(19(27)14-18(17)26)32-8-10-37-11-9-32/h2-3,12-15H,4-11H2,1H3,(H2,28,29,30,33,34). The summed E-state index contributed by atoms with van der Waals surface area (Å²) >= 11 is 13.7. The zero-order chi connectivity index (χ0) is 27.7. The van der Waals surface area contributed by atoms with Crippen LogP contribution in [0, 0.1) is 0 Å². The van der Waals surface area contributed by atoms with Crippen molar-refractivity contribution in [3.05, 3.63) is 45.9 Å². The van der Waals surface area contributed by atoms with Crippen molar-refractivity contribution in [3.8, 4) is 0 Å². The maximum Gasteiger partial charge on any atom is 0.327 e. The molecule has 0 saturated carbocycles. The fraction of sp³-hybridized carbons (Fsp3) is 0.400. The lowest BCUT2D eigenvalue weighted by Crippen LogP contribution is -2.37. The van der Waals surface area contributed by atoms with Crippen molar-refractivity contribution >= 4 is 77.3 Å². The highest BCUT2D eigenvalue weighted by Gasteiger charge is 2.31. The number of anilines is 2. The largest absolute Gasteiger partial charge is 0.378 e. The lowest BCUT2D eigenvalue weighted by Gasteiger charge is -2.30. The van der Waals surface area contributed by atoms with Crippen LogP contribution in [-0.4, -0.2) is 81.9 Å². The topological polar surface area (TPSA) is 121 Å². The van der Waals surface area contributed by atoms with E-state index in [0.29, 0.717) is 60.1 Å². The molecule has 5 rings (SSSR count). The van der Waals surface area contributed by atoms with Crippen molar-refractivity contribution in [1.29, 1.82) is 0 Å². The zero-order valence-electron chi connectivity index (χ0n) is 21.1. The highest BCUT2D eigenvalue weighted by molar-refractivity contribution is 7.92. The van der Waals surface area contributed by atoms with Crippen molar-refractivity contribution in [3.63, 3.8) is 0 Å². The van der Waals surface area contributed by atoms with E-state index in [1.54, 1.807) is 24.3 Å². The molecule has 2 aliphatic rings. The summed E-state index contributed by atoms with van der Waals surface area (Å²) in [6, 6.07) is 7.02. The van der Waals surface area contributed by atoms with Crippen LogP contribution in [0.3, 0.4) is 0 Å². The number of carbonyl (C=O) groups excluding carboxylic acids is 2. The molecule has 2 aliphatic heterocycles. The van der Waals surface area contributed by atoms with Gasteiger partial charge < -0.3 is 14.5 Å². The summed E-state index contributed by atoms with van der Waals surface area (Å²) in [6.07, 6.45) is 1.18. The molecule has 2 N–H and O–H groups in total. The first-order valence-electron chi connectivity index (χ1n) is 12.4. The van der Waals surface area contributed by atoms with E-state index < -0.39 is 27.0 Å². The van der Waals surface area contributed by atoms with Gasteiger partial charge in [-0.3, -0.25) is 15.4 Å². The number of carbonyl (C=O) groups is 2. The highest BCUT2D eigenvalue weighted by atomic mass is 35.5. The number of hydrogen-bond donors (Lipinski definition) is 2. The Kier molecular flexibility index (Phi) is 8.32. The molecule has 0 radical (unpaired) electrons. The van der Waals surface area contributed by atoms with Gasteiger partial charge in [0.1, 0.15) is 0 Å². The monoisotopic (exact) mass is 611 g/mol. The molecule has 3 aromatic rings. The van der Waals surface area contributed by atoms with Crippen LogP contribution >= 0.6 is 34.5 Å². The van der Waals surface area contributed by atoms with Crippen molar-refractivity contribution in [1.82, 2.24) is 15.2 Å². The Balaban J connectivity index is 1.28. The van der Waals surface area contributed by atoms with Crippen LogP contribution in [-0.2, 0) is 14.6 Å². The molecule has 10 nitrogen and oxygen atoms in total. The number of ether oxygens (including phenoxy) is 1. The SMILES string of the molecule is CN1CCC(S(=O)(=O)c2ccc3nc(NC(=O)NC(=O)c4cc(N5CCOCC5)c(Cl)cc4Cl)sc3c2)CC1. The quantitative estimate of drug-likeness (QED) is 0.439. The summed E-state index contributed by atoms with van der Waals surface area (Å²) in [4.78, 5) is 34.2. The fourth-order valence-electron chi connectivity index (χ4n) is 4.68. The minimum Gasteiger partial charge on any atom is -0.378 e. The zero-order valence-corrected chi connectivity index (χ0v) is 24.2. The minimum absolute atomic E-state index is 0.103. The number of rotatable bonds is 5. The predicted molar refractivity (Wildman–Crippen MR) is 153 cm³/mol. The normalized spacial score (nSPS) is 17.4. The molecule has 0 spiro atoms. The number of likely N-dealkylation sites (tertiary alicyclic amines) is 1. The number of sulfone groups is 1. The lowest BCUT2D eigenvalue weighted by molar-refractivity contribution is 0.0967. The van der Waals surface area contributed by atoms with Crippen LogP contribution in [0.2, 0.25) is 10.0 Å². The van der Waals surface area contributed by atoms with Gasteiger partial charge in [-0.15, -0.1) is 0 Å². The number of halogens is 2. The average Bonchev–Trinajstić information content (AvgIpc) is 3.30. The lowest BCUT2D eigenvalue weighted by atomic mass is 10.1. The second kappa shape index (κ2) is 11.6. The molecular formula is C25H27Cl2N5O5S2. The van der Waals surface area contributed by atoms with Crippen molar-refractivity contribution < 1.29 is 22.7 Å². The molecule has 3 amide bonds. The van der Waals surface area contributed by atoms with Crippen LogP contribution in [0.1, 0.15) is 23.2 Å². The van der Waals surface area contributed by atoms with Gasteiger partial charge in [0.15, 0.2) is 15.0 Å². The summed E-state index contributed by atoms with van der Waals surface area (Å²) < 4.78 is 32.3. The third kappa shape index (κ3) is 6.16. The van der Waals surface area contributed by atoms with Crippen LogP contribution in [0.25, 0.3) is 10.2 Å². The first-order valence-corrected chi connectivity index (χ1v) is 15.5. The number of amides is 3. The number of nitrogens with one attached hydrogen (secondary N) is 2. The molecule has 3 heterocycles. The summed E-state index contributed by atoms with van der Waals surface area (Å²) in [7, 11) is -1.50. The Bertz CT molecular complexity index is 1520. The number of aromatic nitrogens is 1. The molecule has 2 aromatic carbocycles. The maximum atomic E-state index is 13.2. The molecule has 0 aliphatic carbocycles. The highest BCUT2D eigenvalue weighted by Crippen LogP contribution is 2.33. The van der Waals surface area contributed by atoms with Gasteiger partial charge in [-0.05, 0) is 63.3 Å². The summed E-state index contributed by atoms with van der Waals surface area (Å²) in [5, 5.41) is 5.13. The van der Waals surface area contributed by atoms with E-state index in [0.717, 1.165) is 24.4 Å². The van der Waals surface area contributed by atoms with E-state index in [-0.39, 0.29) is 20.6 Å². The molecule has 0 bridgehead atoms.